The molecule has 0 saturated carbocycles. The molecular formula is C15H17N5OS. The number of nitrogen functional groups attached to an aromatic ring is 1. The minimum atomic E-state index is -0.464. The third-order valence-electron chi connectivity index (χ3n) is 3.16. The third-order valence-corrected chi connectivity index (χ3v) is 3.37. The topological polar surface area (TPSA) is 105 Å². The summed E-state index contributed by atoms with van der Waals surface area (Å²) in [6.07, 6.45) is 0. The summed E-state index contributed by atoms with van der Waals surface area (Å²) in [7, 11) is 0. The van der Waals surface area contributed by atoms with Crippen molar-refractivity contribution >= 4 is 40.3 Å². The highest BCUT2D eigenvalue weighted by Gasteiger charge is 2.05. The molecule has 2 aromatic rings. The van der Waals surface area contributed by atoms with Crippen molar-refractivity contribution in [2.45, 2.75) is 6.92 Å². The van der Waals surface area contributed by atoms with E-state index in [0.29, 0.717) is 10.7 Å². The smallest absolute Gasteiger partial charge is 0.248 e. The average Bonchev–Trinajstić information content (AvgIpc) is 2.50. The number of hydrogen-bond donors (Lipinski definition) is 5. The van der Waals surface area contributed by atoms with Gasteiger partial charge in [0.05, 0.1) is 5.69 Å². The van der Waals surface area contributed by atoms with E-state index in [1.54, 1.807) is 24.3 Å². The number of anilines is 3. The van der Waals surface area contributed by atoms with Crippen molar-refractivity contribution in [3.05, 3.63) is 53.6 Å². The SMILES string of the molecule is Cc1c(NN)cccc1NC(=S)Nc1ccc(C(N)=O)cc1. The van der Waals surface area contributed by atoms with E-state index in [-0.39, 0.29) is 0 Å². The van der Waals surface area contributed by atoms with Crippen LogP contribution in [0, 0.1) is 6.92 Å². The largest absolute Gasteiger partial charge is 0.366 e. The van der Waals surface area contributed by atoms with Crippen LogP contribution in [0.5, 0.6) is 0 Å². The fourth-order valence-electron chi connectivity index (χ4n) is 1.93. The van der Waals surface area contributed by atoms with Gasteiger partial charge in [-0.2, -0.15) is 0 Å². The molecule has 114 valence electrons. The lowest BCUT2D eigenvalue weighted by atomic mass is 10.1. The van der Waals surface area contributed by atoms with Gasteiger partial charge in [-0.3, -0.25) is 10.6 Å². The van der Waals surface area contributed by atoms with Crippen molar-refractivity contribution in [2.75, 3.05) is 16.1 Å². The number of thiocarbonyl (C=S) groups is 1. The Balaban J connectivity index is 2.05. The van der Waals surface area contributed by atoms with Gasteiger partial charge < -0.3 is 21.8 Å². The lowest BCUT2D eigenvalue weighted by Gasteiger charge is -2.14. The highest BCUT2D eigenvalue weighted by molar-refractivity contribution is 7.80. The minimum absolute atomic E-state index is 0.434. The zero-order valence-corrected chi connectivity index (χ0v) is 12.8. The van der Waals surface area contributed by atoms with Crippen LogP contribution >= 0.6 is 12.2 Å². The molecule has 7 heteroatoms. The molecule has 0 spiro atoms. The quantitative estimate of drug-likeness (QED) is 0.336. The van der Waals surface area contributed by atoms with Crippen molar-refractivity contribution in [1.82, 2.24) is 0 Å². The number of hydrazine groups is 1. The zero-order chi connectivity index (χ0) is 16.1. The molecule has 0 aliphatic rings. The molecule has 0 aliphatic heterocycles. The second kappa shape index (κ2) is 6.88. The van der Waals surface area contributed by atoms with Gasteiger partial charge in [-0.05, 0) is 61.1 Å². The van der Waals surface area contributed by atoms with Crippen LogP contribution in [0.2, 0.25) is 0 Å². The summed E-state index contributed by atoms with van der Waals surface area (Å²) in [5, 5.41) is 6.58. The number of amides is 1. The van der Waals surface area contributed by atoms with Gasteiger partial charge in [-0.1, -0.05) is 6.07 Å². The fraction of sp³-hybridized carbons (Fsp3) is 0.0667. The highest BCUT2D eigenvalue weighted by atomic mass is 32.1. The third kappa shape index (κ3) is 3.72. The van der Waals surface area contributed by atoms with Crippen LogP contribution < -0.4 is 27.6 Å². The predicted molar refractivity (Wildman–Crippen MR) is 93.8 cm³/mol. The summed E-state index contributed by atoms with van der Waals surface area (Å²) in [6.45, 7) is 1.93. The number of nitrogens with one attached hydrogen (secondary N) is 3. The van der Waals surface area contributed by atoms with E-state index < -0.39 is 5.91 Å². The van der Waals surface area contributed by atoms with E-state index in [1.807, 2.05) is 25.1 Å². The van der Waals surface area contributed by atoms with Crippen LogP contribution in [-0.2, 0) is 0 Å². The first-order valence-corrected chi connectivity index (χ1v) is 6.96. The van der Waals surface area contributed by atoms with Crippen LogP contribution in [0.1, 0.15) is 15.9 Å². The Kier molecular flexibility index (Phi) is 4.92. The first-order valence-electron chi connectivity index (χ1n) is 6.55. The fourth-order valence-corrected chi connectivity index (χ4v) is 2.16. The van der Waals surface area contributed by atoms with Crippen LogP contribution in [0.4, 0.5) is 17.1 Å². The van der Waals surface area contributed by atoms with Gasteiger partial charge in [-0.15, -0.1) is 0 Å². The molecule has 2 rings (SSSR count). The maximum absolute atomic E-state index is 11.0. The highest BCUT2D eigenvalue weighted by Crippen LogP contribution is 2.22. The summed E-state index contributed by atoms with van der Waals surface area (Å²) in [5.41, 5.74) is 11.7. The zero-order valence-electron chi connectivity index (χ0n) is 12.0. The molecule has 0 atom stereocenters. The Morgan fingerprint density at radius 1 is 1.05 bits per heavy atom. The van der Waals surface area contributed by atoms with Crippen LogP contribution in [0.3, 0.4) is 0 Å². The lowest BCUT2D eigenvalue weighted by molar-refractivity contribution is 0.100. The van der Waals surface area contributed by atoms with E-state index in [0.717, 1.165) is 22.6 Å². The molecular weight excluding hydrogens is 298 g/mol. The van der Waals surface area contributed by atoms with Gasteiger partial charge in [0, 0.05) is 16.9 Å². The Bertz CT molecular complexity index is 700. The number of nitrogens with two attached hydrogens (primary N) is 2. The molecule has 2 aromatic carbocycles. The number of benzene rings is 2. The number of carbonyl (C=O) groups is 1. The van der Waals surface area contributed by atoms with E-state index in [4.69, 9.17) is 23.8 Å². The molecule has 0 saturated heterocycles. The molecule has 0 unspecified atom stereocenters. The maximum Gasteiger partial charge on any atom is 0.248 e. The van der Waals surface area contributed by atoms with Crippen LogP contribution in [-0.4, -0.2) is 11.0 Å². The molecule has 1 amide bonds. The first-order chi connectivity index (χ1) is 10.5. The summed E-state index contributed by atoms with van der Waals surface area (Å²) < 4.78 is 0. The Morgan fingerprint density at radius 3 is 2.27 bits per heavy atom. The molecule has 0 heterocycles. The Hall–Kier alpha value is -2.64. The van der Waals surface area contributed by atoms with Crippen LogP contribution in [0.25, 0.3) is 0 Å². The number of primary amides is 1. The lowest BCUT2D eigenvalue weighted by Crippen LogP contribution is -2.20. The van der Waals surface area contributed by atoms with E-state index in [2.05, 4.69) is 16.1 Å². The number of carbonyl (C=O) groups excluding carboxylic acids is 1. The Morgan fingerprint density at radius 2 is 1.68 bits per heavy atom. The summed E-state index contributed by atoms with van der Waals surface area (Å²) >= 11 is 5.28. The predicted octanol–water partition coefficient (Wildman–Crippen LogP) is 2.19. The van der Waals surface area contributed by atoms with E-state index in [9.17, 15) is 4.79 Å². The second-order valence-corrected chi connectivity index (χ2v) is 5.05. The van der Waals surface area contributed by atoms with Gasteiger partial charge in [0.25, 0.3) is 0 Å². The molecule has 0 bridgehead atoms. The summed E-state index contributed by atoms with van der Waals surface area (Å²) in [6, 6.07) is 12.4. The molecule has 22 heavy (non-hydrogen) atoms. The molecule has 7 N–H and O–H groups in total. The second-order valence-electron chi connectivity index (χ2n) is 4.64. The van der Waals surface area contributed by atoms with Crippen LogP contribution in [0.15, 0.2) is 42.5 Å². The van der Waals surface area contributed by atoms with Crippen molar-refractivity contribution in [3.8, 4) is 0 Å². The summed E-state index contributed by atoms with van der Waals surface area (Å²) in [4.78, 5) is 11.0. The molecule has 0 radical (unpaired) electrons. The average molecular weight is 315 g/mol. The van der Waals surface area contributed by atoms with Crippen molar-refractivity contribution < 1.29 is 4.79 Å². The van der Waals surface area contributed by atoms with Gasteiger partial charge >= 0.3 is 0 Å². The van der Waals surface area contributed by atoms with Crippen molar-refractivity contribution in [1.29, 1.82) is 0 Å². The van der Waals surface area contributed by atoms with E-state index >= 15 is 0 Å². The molecule has 6 nitrogen and oxygen atoms in total. The molecule has 0 aliphatic carbocycles. The number of rotatable bonds is 4. The van der Waals surface area contributed by atoms with E-state index in [1.165, 1.54) is 0 Å². The van der Waals surface area contributed by atoms with Gasteiger partial charge in [0.1, 0.15) is 0 Å². The summed E-state index contributed by atoms with van der Waals surface area (Å²) in [5.74, 6) is 4.98. The number of hydrogen-bond acceptors (Lipinski definition) is 4. The maximum atomic E-state index is 11.0. The Labute approximate surface area is 133 Å². The van der Waals surface area contributed by atoms with Crippen molar-refractivity contribution in [2.24, 2.45) is 11.6 Å². The standard InChI is InChI=1S/C15H17N5OS/c1-9-12(3-2-4-13(9)20-17)19-15(22)18-11-7-5-10(6-8-11)14(16)21/h2-8,20H,17H2,1H3,(H2,16,21)(H2,18,19,22). The van der Waals surface area contributed by atoms with Gasteiger partial charge in [-0.25, -0.2) is 0 Å². The molecule has 0 aromatic heterocycles. The monoisotopic (exact) mass is 315 g/mol. The minimum Gasteiger partial charge on any atom is -0.366 e. The molecule has 0 fully saturated rings. The first kappa shape index (κ1) is 15.7. The normalized spacial score (nSPS) is 9.91. The van der Waals surface area contributed by atoms with Crippen molar-refractivity contribution in [3.63, 3.8) is 0 Å². The van der Waals surface area contributed by atoms with Gasteiger partial charge in [0.15, 0.2) is 5.11 Å². The van der Waals surface area contributed by atoms with Gasteiger partial charge in [0.2, 0.25) is 5.91 Å².